The van der Waals surface area contributed by atoms with Crippen molar-refractivity contribution < 1.29 is 19.4 Å². The molecule has 0 aromatic rings. The van der Waals surface area contributed by atoms with Crippen molar-refractivity contribution in [3.63, 3.8) is 0 Å². The third-order valence-corrected chi connectivity index (χ3v) is 5.53. The van der Waals surface area contributed by atoms with Crippen LogP contribution in [0.2, 0.25) is 0 Å². The number of piperidine rings is 1. The molecule has 0 radical (unpaired) electrons. The Balaban J connectivity index is 1.57. The molecular weight excluding hydrogens is 320 g/mol. The minimum Gasteiger partial charge on any atom is -0.481 e. The first kappa shape index (κ1) is 20.2. The van der Waals surface area contributed by atoms with Gasteiger partial charge in [-0.2, -0.15) is 0 Å². The van der Waals surface area contributed by atoms with Gasteiger partial charge >= 0.3 is 5.97 Å². The molecule has 6 heteroatoms. The molecule has 0 aromatic carbocycles. The molecular formula is C19H34N2O4. The maximum absolute atomic E-state index is 12.1. The summed E-state index contributed by atoms with van der Waals surface area (Å²) >= 11 is 0. The summed E-state index contributed by atoms with van der Waals surface area (Å²) in [5.74, 6) is 0.329. The van der Waals surface area contributed by atoms with Crippen LogP contribution < -0.4 is 5.32 Å². The van der Waals surface area contributed by atoms with E-state index in [0.717, 1.165) is 32.4 Å². The number of nitrogens with one attached hydrogen (secondary N) is 1. The quantitative estimate of drug-likeness (QED) is 0.621. The summed E-state index contributed by atoms with van der Waals surface area (Å²) in [6.07, 6.45) is 8.33. The van der Waals surface area contributed by atoms with Crippen LogP contribution in [0.5, 0.6) is 0 Å². The van der Waals surface area contributed by atoms with Gasteiger partial charge in [-0.15, -0.1) is 0 Å². The average molecular weight is 354 g/mol. The van der Waals surface area contributed by atoms with Gasteiger partial charge in [-0.1, -0.05) is 19.8 Å². The highest BCUT2D eigenvalue weighted by atomic mass is 16.5. The number of carboxylic acids is 1. The molecule has 1 amide bonds. The summed E-state index contributed by atoms with van der Waals surface area (Å²) in [7, 11) is 0. The summed E-state index contributed by atoms with van der Waals surface area (Å²) in [4.78, 5) is 24.9. The van der Waals surface area contributed by atoms with E-state index in [9.17, 15) is 9.59 Å². The second kappa shape index (κ2) is 10.8. The van der Waals surface area contributed by atoms with Gasteiger partial charge in [0, 0.05) is 19.5 Å². The molecule has 1 saturated carbocycles. The molecule has 1 heterocycles. The fourth-order valence-electron chi connectivity index (χ4n) is 4.05. The number of hydrogen-bond donors (Lipinski definition) is 2. The van der Waals surface area contributed by atoms with Crippen LogP contribution in [0.1, 0.15) is 58.3 Å². The Labute approximate surface area is 151 Å². The maximum atomic E-state index is 12.1. The summed E-state index contributed by atoms with van der Waals surface area (Å²) in [5, 5.41) is 11.7. The van der Waals surface area contributed by atoms with E-state index < -0.39 is 5.97 Å². The van der Waals surface area contributed by atoms with Crippen LogP contribution >= 0.6 is 0 Å². The molecule has 3 unspecified atom stereocenters. The molecule has 2 fully saturated rings. The minimum atomic E-state index is -0.734. The van der Waals surface area contributed by atoms with Crippen molar-refractivity contribution in [2.24, 2.45) is 11.8 Å². The van der Waals surface area contributed by atoms with Gasteiger partial charge < -0.3 is 15.2 Å². The number of carbonyl (C=O) groups excluding carboxylic acids is 1. The van der Waals surface area contributed by atoms with Crippen molar-refractivity contribution >= 4 is 11.9 Å². The van der Waals surface area contributed by atoms with Gasteiger partial charge in [0.05, 0.1) is 19.3 Å². The zero-order valence-corrected chi connectivity index (χ0v) is 15.5. The van der Waals surface area contributed by atoms with Gasteiger partial charge in [-0.3, -0.25) is 14.5 Å². The minimum absolute atomic E-state index is 0.0409. The van der Waals surface area contributed by atoms with E-state index >= 15 is 0 Å². The molecule has 2 rings (SSSR count). The van der Waals surface area contributed by atoms with E-state index in [1.807, 2.05) is 0 Å². The van der Waals surface area contributed by atoms with E-state index in [0.29, 0.717) is 44.1 Å². The molecule has 3 atom stereocenters. The zero-order valence-electron chi connectivity index (χ0n) is 15.5. The van der Waals surface area contributed by atoms with Gasteiger partial charge in [-0.05, 0) is 50.5 Å². The van der Waals surface area contributed by atoms with Gasteiger partial charge in [0.2, 0.25) is 5.91 Å². The molecule has 1 aliphatic carbocycles. The van der Waals surface area contributed by atoms with Gasteiger partial charge in [-0.25, -0.2) is 0 Å². The van der Waals surface area contributed by atoms with Gasteiger partial charge in [0.15, 0.2) is 0 Å². The van der Waals surface area contributed by atoms with Crippen molar-refractivity contribution in [3.8, 4) is 0 Å². The summed E-state index contributed by atoms with van der Waals surface area (Å²) in [5.41, 5.74) is 0. The second-order valence-electron chi connectivity index (χ2n) is 7.70. The van der Waals surface area contributed by atoms with Crippen molar-refractivity contribution in [3.05, 3.63) is 0 Å². The zero-order chi connectivity index (χ0) is 18.1. The SMILES string of the molecule is CC1CCCCC1OCCNC(=O)CN1CCCC(CCC(=O)O)C1. The van der Waals surface area contributed by atoms with E-state index in [1.165, 1.54) is 19.3 Å². The van der Waals surface area contributed by atoms with Crippen molar-refractivity contribution in [2.75, 3.05) is 32.8 Å². The lowest BCUT2D eigenvalue weighted by molar-refractivity contribution is -0.137. The van der Waals surface area contributed by atoms with Gasteiger partial charge in [0.25, 0.3) is 0 Å². The maximum Gasteiger partial charge on any atom is 0.303 e. The monoisotopic (exact) mass is 354 g/mol. The molecule has 0 spiro atoms. The van der Waals surface area contributed by atoms with Crippen LogP contribution in [0.15, 0.2) is 0 Å². The van der Waals surface area contributed by atoms with Crippen LogP contribution in [0, 0.1) is 11.8 Å². The fourth-order valence-corrected chi connectivity index (χ4v) is 4.05. The lowest BCUT2D eigenvalue weighted by Gasteiger charge is -2.32. The number of nitrogens with zero attached hydrogens (tertiary/aromatic N) is 1. The molecule has 6 nitrogen and oxygen atoms in total. The Hall–Kier alpha value is -1.14. The smallest absolute Gasteiger partial charge is 0.303 e. The number of carboxylic acid groups (broad SMARTS) is 1. The Bertz CT molecular complexity index is 430. The Kier molecular flexibility index (Phi) is 8.68. The first-order valence-electron chi connectivity index (χ1n) is 9.87. The van der Waals surface area contributed by atoms with Crippen LogP contribution in [-0.2, 0) is 14.3 Å². The number of amides is 1. The molecule has 0 aromatic heterocycles. The number of aliphatic carboxylic acids is 1. The number of rotatable bonds is 9. The van der Waals surface area contributed by atoms with Gasteiger partial charge in [0.1, 0.15) is 0 Å². The summed E-state index contributed by atoms with van der Waals surface area (Å²) in [6, 6.07) is 0. The molecule has 25 heavy (non-hydrogen) atoms. The highest BCUT2D eigenvalue weighted by Crippen LogP contribution is 2.26. The Morgan fingerprint density at radius 1 is 1.20 bits per heavy atom. The number of hydrogen-bond acceptors (Lipinski definition) is 4. The molecule has 2 N–H and O–H groups in total. The van der Waals surface area contributed by atoms with E-state index in [1.54, 1.807) is 0 Å². The Morgan fingerprint density at radius 3 is 2.76 bits per heavy atom. The topological polar surface area (TPSA) is 78.9 Å². The summed E-state index contributed by atoms with van der Waals surface area (Å²) in [6.45, 7) is 5.56. The third kappa shape index (κ3) is 7.74. The highest BCUT2D eigenvalue weighted by molar-refractivity contribution is 5.78. The fraction of sp³-hybridized carbons (Fsp3) is 0.895. The van der Waals surface area contributed by atoms with Crippen LogP contribution in [0.3, 0.4) is 0 Å². The predicted octanol–water partition coefficient (Wildman–Crippen LogP) is 2.27. The first-order valence-corrected chi connectivity index (χ1v) is 9.87. The van der Waals surface area contributed by atoms with Crippen LogP contribution in [-0.4, -0.2) is 60.8 Å². The number of ether oxygens (including phenoxy) is 1. The first-order chi connectivity index (χ1) is 12.0. The molecule has 0 bridgehead atoms. The standard InChI is InChI=1S/C19H34N2O4/c1-15-5-2-3-7-17(15)25-12-10-20-18(22)14-21-11-4-6-16(13-21)8-9-19(23)24/h15-17H,2-14H2,1H3,(H,20,22)(H,23,24). The lowest BCUT2D eigenvalue weighted by atomic mass is 9.88. The van der Waals surface area contributed by atoms with E-state index in [4.69, 9.17) is 9.84 Å². The van der Waals surface area contributed by atoms with Crippen LogP contribution in [0.4, 0.5) is 0 Å². The Morgan fingerprint density at radius 2 is 2.00 bits per heavy atom. The molecule has 1 aliphatic heterocycles. The highest BCUT2D eigenvalue weighted by Gasteiger charge is 2.23. The molecule has 2 aliphatic rings. The number of carbonyl (C=O) groups is 2. The van der Waals surface area contributed by atoms with E-state index in [-0.39, 0.29) is 12.3 Å². The molecule has 144 valence electrons. The molecule has 1 saturated heterocycles. The third-order valence-electron chi connectivity index (χ3n) is 5.53. The van der Waals surface area contributed by atoms with Crippen molar-refractivity contribution in [1.82, 2.24) is 10.2 Å². The second-order valence-corrected chi connectivity index (χ2v) is 7.70. The van der Waals surface area contributed by atoms with Crippen LogP contribution in [0.25, 0.3) is 0 Å². The number of likely N-dealkylation sites (tertiary alicyclic amines) is 1. The predicted molar refractivity (Wildman–Crippen MR) is 96.4 cm³/mol. The average Bonchev–Trinajstić information content (AvgIpc) is 2.59. The summed E-state index contributed by atoms with van der Waals surface area (Å²) < 4.78 is 5.92. The normalized spacial score (nSPS) is 27.8. The van der Waals surface area contributed by atoms with Crippen molar-refractivity contribution in [2.45, 2.75) is 64.4 Å². The van der Waals surface area contributed by atoms with E-state index in [2.05, 4.69) is 17.1 Å². The lowest BCUT2D eigenvalue weighted by Crippen LogP contribution is -2.43. The largest absolute Gasteiger partial charge is 0.481 e. The van der Waals surface area contributed by atoms with Crippen molar-refractivity contribution in [1.29, 1.82) is 0 Å².